The molecule has 0 spiro atoms. The van der Waals surface area contributed by atoms with Crippen molar-refractivity contribution in [2.24, 2.45) is 11.0 Å². The van der Waals surface area contributed by atoms with E-state index in [1.165, 1.54) is 12.3 Å². The number of rotatable bonds is 10. The summed E-state index contributed by atoms with van der Waals surface area (Å²) in [4.78, 5) is 36.4. The summed E-state index contributed by atoms with van der Waals surface area (Å²) in [5, 5.41) is 6.77. The lowest BCUT2D eigenvalue weighted by Crippen LogP contribution is -2.19. The van der Waals surface area contributed by atoms with Crippen molar-refractivity contribution in [1.29, 1.82) is 0 Å². The lowest BCUT2D eigenvalue weighted by atomic mass is 10.1. The highest BCUT2D eigenvalue weighted by atomic mass is 16.6. The van der Waals surface area contributed by atoms with E-state index in [0.717, 1.165) is 5.56 Å². The summed E-state index contributed by atoms with van der Waals surface area (Å²) in [7, 11) is 0. The molecule has 0 fully saturated rings. The molecular weight excluding hydrogens is 470 g/mol. The van der Waals surface area contributed by atoms with Crippen molar-refractivity contribution in [2.45, 2.75) is 20.8 Å². The number of amides is 2. The Balaban J connectivity index is 1.60. The van der Waals surface area contributed by atoms with Gasteiger partial charge in [-0.05, 0) is 66.6 Å². The summed E-state index contributed by atoms with van der Waals surface area (Å²) in [6.07, 6.45) is 4.47. The number of nitrogens with zero attached hydrogens (tertiary/aromatic N) is 1. The zero-order valence-electron chi connectivity index (χ0n) is 20.9. The predicted molar refractivity (Wildman–Crippen MR) is 144 cm³/mol. The molecule has 0 aliphatic carbocycles. The normalized spacial score (nSPS) is 11.0. The Bertz CT molecular complexity index is 1280. The third-order valence-corrected chi connectivity index (χ3v) is 5.01. The van der Waals surface area contributed by atoms with Crippen molar-refractivity contribution in [1.82, 2.24) is 5.43 Å². The molecule has 0 aliphatic heterocycles. The van der Waals surface area contributed by atoms with Crippen LogP contribution in [0.2, 0.25) is 0 Å². The number of hydrazone groups is 1. The van der Waals surface area contributed by atoms with Gasteiger partial charge in [0, 0.05) is 23.2 Å². The average Bonchev–Trinajstić information content (AvgIpc) is 2.90. The van der Waals surface area contributed by atoms with E-state index >= 15 is 0 Å². The van der Waals surface area contributed by atoms with Gasteiger partial charge in [-0.3, -0.25) is 9.59 Å². The van der Waals surface area contributed by atoms with Gasteiger partial charge in [-0.15, -0.1) is 0 Å². The first kappa shape index (κ1) is 26.9. The maximum atomic E-state index is 12.4. The van der Waals surface area contributed by atoms with Crippen molar-refractivity contribution in [3.63, 3.8) is 0 Å². The van der Waals surface area contributed by atoms with Crippen molar-refractivity contribution in [3.8, 4) is 11.5 Å². The van der Waals surface area contributed by atoms with Gasteiger partial charge in [0.1, 0.15) is 0 Å². The molecule has 3 aromatic rings. The largest absolute Gasteiger partial charge is 0.490 e. The van der Waals surface area contributed by atoms with Crippen molar-refractivity contribution in [3.05, 3.63) is 95.6 Å². The highest BCUT2D eigenvalue weighted by molar-refractivity contribution is 5.96. The molecule has 0 heterocycles. The van der Waals surface area contributed by atoms with Crippen LogP contribution in [0.25, 0.3) is 6.08 Å². The van der Waals surface area contributed by atoms with Crippen LogP contribution in [-0.2, 0) is 9.59 Å². The van der Waals surface area contributed by atoms with Crippen LogP contribution in [0.4, 0.5) is 5.69 Å². The fourth-order valence-electron chi connectivity index (χ4n) is 3.05. The summed E-state index contributed by atoms with van der Waals surface area (Å²) in [5.41, 5.74) is 4.98. The maximum absolute atomic E-state index is 12.4. The molecule has 0 radical (unpaired) electrons. The fraction of sp³-hybridized carbons (Fsp3) is 0.172. The molecule has 0 aliphatic rings. The second kappa shape index (κ2) is 13.4. The van der Waals surface area contributed by atoms with Gasteiger partial charge in [-0.1, -0.05) is 44.2 Å². The minimum atomic E-state index is -0.534. The van der Waals surface area contributed by atoms with Crippen LogP contribution in [0.15, 0.2) is 84.0 Å². The van der Waals surface area contributed by atoms with E-state index in [1.54, 1.807) is 62.4 Å². The molecule has 8 heteroatoms. The third kappa shape index (κ3) is 8.47. The van der Waals surface area contributed by atoms with E-state index in [1.807, 2.05) is 37.3 Å². The molecular formula is C29H29N3O5. The smallest absolute Gasteiger partial charge is 0.336 e. The molecule has 3 aromatic carbocycles. The Hall–Kier alpha value is -4.72. The Labute approximate surface area is 216 Å². The monoisotopic (exact) mass is 499 g/mol. The Morgan fingerprint density at radius 2 is 1.65 bits per heavy atom. The molecule has 190 valence electrons. The summed E-state index contributed by atoms with van der Waals surface area (Å²) in [6.45, 7) is 5.80. The predicted octanol–water partition coefficient (Wildman–Crippen LogP) is 5.06. The number of esters is 1. The Morgan fingerprint density at radius 1 is 0.919 bits per heavy atom. The van der Waals surface area contributed by atoms with Gasteiger partial charge in [0.2, 0.25) is 5.91 Å². The van der Waals surface area contributed by atoms with Crippen LogP contribution < -0.4 is 20.2 Å². The van der Waals surface area contributed by atoms with Crippen LogP contribution >= 0.6 is 0 Å². The Kier molecular flexibility index (Phi) is 9.73. The van der Waals surface area contributed by atoms with Crippen LogP contribution in [0.5, 0.6) is 11.5 Å². The number of anilines is 1. The molecule has 2 amide bonds. The van der Waals surface area contributed by atoms with E-state index < -0.39 is 11.9 Å². The van der Waals surface area contributed by atoms with Gasteiger partial charge in [0.15, 0.2) is 11.5 Å². The SMILES string of the molecule is CCOc1cc(/C=N/NC(=O)c2ccc(NC(=O)C(C)C)cc2)ccc1OC(=O)/C=C/c1ccccc1. The highest BCUT2D eigenvalue weighted by Gasteiger charge is 2.11. The van der Waals surface area contributed by atoms with E-state index in [4.69, 9.17) is 9.47 Å². The van der Waals surface area contributed by atoms with Crippen LogP contribution in [0, 0.1) is 5.92 Å². The first-order chi connectivity index (χ1) is 17.9. The zero-order chi connectivity index (χ0) is 26.6. The van der Waals surface area contributed by atoms with Gasteiger partial charge in [0.25, 0.3) is 5.91 Å². The second-order valence-corrected chi connectivity index (χ2v) is 8.22. The standard InChI is InChI=1S/C29H29N3O5/c1-4-36-26-18-22(10-16-25(26)37-27(33)17-11-21-8-6-5-7-9-21)19-30-32-29(35)23-12-14-24(15-13-23)31-28(34)20(2)3/h5-20H,4H2,1-3H3,(H,31,34)(H,32,35)/b17-11+,30-19+. The van der Waals surface area contributed by atoms with Crippen molar-refractivity contribution >= 4 is 35.8 Å². The molecule has 3 rings (SSSR count). The first-order valence-corrected chi connectivity index (χ1v) is 11.8. The van der Waals surface area contributed by atoms with Crippen LogP contribution in [0.3, 0.4) is 0 Å². The number of hydrogen-bond acceptors (Lipinski definition) is 6. The zero-order valence-corrected chi connectivity index (χ0v) is 20.9. The fourth-order valence-corrected chi connectivity index (χ4v) is 3.05. The van der Waals surface area contributed by atoms with E-state index in [-0.39, 0.29) is 17.6 Å². The number of carbonyl (C=O) groups is 3. The average molecular weight is 500 g/mol. The number of nitrogens with one attached hydrogen (secondary N) is 2. The van der Waals surface area contributed by atoms with Gasteiger partial charge in [-0.2, -0.15) is 5.10 Å². The number of benzene rings is 3. The molecule has 8 nitrogen and oxygen atoms in total. The van der Waals surface area contributed by atoms with Gasteiger partial charge >= 0.3 is 5.97 Å². The number of carbonyl (C=O) groups excluding carboxylic acids is 3. The lowest BCUT2D eigenvalue weighted by Gasteiger charge is -2.10. The molecule has 0 bridgehead atoms. The van der Waals surface area contributed by atoms with E-state index in [9.17, 15) is 14.4 Å². The minimum Gasteiger partial charge on any atom is -0.490 e. The van der Waals surface area contributed by atoms with Crippen molar-refractivity contribution in [2.75, 3.05) is 11.9 Å². The van der Waals surface area contributed by atoms with Gasteiger partial charge in [0.05, 0.1) is 12.8 Å². The Morgan fingerprint density at radius 3 is 2.32 bits per heavy atom. The third-order valence-electron chi connectivity index (χ3n) is 5.01. The lowest BCUT2D eigenvalue weighted by molar-refractivity contribution is -0.129. The minimum absolute atomic E-state index is 0.0994. The molecule has 0 atom stereocenters. The number of ether oxygens (including phenoxy) is 2. The molecule has 0 saturated heterocycles. The van der Waals surface area contributed by atoms with E-state index in [0.29, 0.717) is 29.2 Å². The van der Waals surface area contributed by atoms with Crippen LogP contribution in [0.1, 0.15) is 42.3 Å². The highest BCUT2D eigenvalue weighted by Crippen LogP contribution is 2.28. The molecule has 37 heavy (non-hydrogen) atoms. The summed E-state index contributed by atoms with van der Waals surface area (Å²) < 4.78 is 11.0. The quantitative estimate of drug-likeness (QED) is 0.133. The summed E-state index contributed by atoms with van der Waals surface area (Å²) in [6, 6.07) is 20.9. The first-order valence-electron chi connectivity index (χ1n) is 11.8. The summed E-state index contributed by atoms with van der Waals surface area (Å²) in [5.74, 6) is -0.531. The molecule has 0 unspecified atom stereocenters. The molecule has 2 N–H and O–H groups in total. The van der Waals surface area contributed by atoms with Gasteiger partial charge in [-0.25, -0.2) is 10.2 Å². The molecule has 0 saturated carbocycles. The topological polar surface area (TPSA) is 106 Å². The molecule has 0 aromatic heterocycles. The van der Waals surface area contributed by atoms with Crippen LogP contribution in [-0.4, -0.2) is 30.6 Å². The van der Waals surface area contributed by atoms with Crippen molar-refractivity contribution < 1.29 is 23.9 Å². The summed E-state index contributed by atoms with van der Waals surface area (Å²) >= 11 is 0. The maximum Gasteiger partial charge on any atom is 0.336 e. The number of hydrogen-bond donors (Lipinski definition) is 2. The second-order valence-electron chi connectivity index (χ2n) is 8.22. The van der Waals surface area contributed by atoms with Gasteiger partial charge < -0.3 is 14.8 Å². The van der Waals surface area contributed by atoms with E-state index in [2.05, 4.69) is 15.8 Å².